The van der Waals surface area contributed by atoms with Crippen LogP contribution in [0.15, 0.2) is 0 Å². The van der Waals surface area contributed by atoms with E-state index in [1.807, 2.05) is 0 Å². The number of hydrogen-bond acceptors (Lipinski definition) is 3. The Labute approximate surface area is 123 Å². The Morgan fingerprint density at radius 3 is 2.80 bits per heavy atom. The molecule has 0 aromatic carbocycles. The van der Waals surface area contributed by atoms with E-state index in [1.54, 1.807) is 0 Å². The predicted molar refractivity (Wildman–Crippen MR) is 82.4 cm³/mol. The molecule has 2 fully saturated rings. The van der Waals surface area contributed by atoms with E-state index in [2.05, 4.69) is 24.1 Å². The van der Waals surface area contributed by atoms with Gasteiger partial charge in [0, 0.05) is 31.1 Å². The van der Waals surface area contributed by atoms with Crippen molar-refractivity contribution in [3.05, 3.63) is 0 Å². The Kier molecular flexibility index (Phi) is 5.85. The lowest BCUT2D eigenvalue weighted by Gasteiger charge is -2.35. The van der Waals surface area contributed by atoms with Crippen molar-refractivity contribution in [2.45, 2.75) is 64.5 Å². The molecule has 1 heterocycles. The van der Waals surface area contributed by atoms with Crippen molar-refractivity contribution in [2.24, 2.45) is 17.6 Å². The monoisotopic (exact) mass is 281 g/mol. The third-order valence-electron chi connectivity index (χ3n) is 4.93. The van der Waals surface area contributed by atoms with Crippen molar-refractivity contribution >= 4 is 5.91 Å². The van der Waals surface area contributed by atoms with Crippen LogP contribution in [0.3, 0.4) is 0 Å². The number of piperidine rings is 1. The molecule has 4 nitrogen and oxygen atoms in total. The van der Waals surface area contributed by atoms with Crippen molar-refractivity contribution in [1.82, 2.24) is 10.2 Å². The molecular weight excluding hydrogens is 250 g/mol. The average Bonchev–Trinajstić information content (AvgIpc) is 2.45. The lowest BCUT2D eigenvalue weighted by molar-refractivity contribution is -0.126. The van der Waals surface area contributed by atoms with Crippen LogP contribution in [0.5, 0.6) is 0 Å². The Balaban J connectivity index is 1.72. The lowest BCUT2D eigenvalue weighted by atomic mass is 9.85. The fourth-order valence-corrected chi connectivity index (χ4v) is 3.59. The van der Waals surface area contributed by atoms with E-state index in [4.69, 9.17) is 5.73 Å². The molecule has 3 atom stereocenters. The number of nitrogens with two attached hydrogens (primary N) is 1. The summed E-state index contributed by atoms with van der Waals surface area (Å²) in [4.78, 5) is 14.7. The van der Waals surface area contributed by atoms with E-state index in [1.165, 1.54) is 19.4 Å². The number of nitrogens with zero attached hydrogens (tertiary/aromatic N) is 1. The van der Waals surface area contributed by atoms with Gasteiger partial charge in [-0.3, -0.25) is 4.79 Å². The van der Waals surface area contributed by atoms with E-state index in [0.717, 1.165) is 38.8 Å². The number of carbonyl (C=O) groups excluding carboxylic acids is 1. The van der Waals surface area contributed by atoms with Gasteiger partial charge in [0.05, 0.1) is 0 Å². The highest BCUT2D eigenvalue weighted by atomic mass is 16.1. The van der Waals surface area contributed by atoms with Crippen LogP contribution in [0.1, 0.15) is 52.4 Å². The van der Waals surface area contributed by atoms with Gasteiger partial charge in [0.1, 0.15) is 0 Å². The average molecular weight is 281 g/mol. The topological polar surface area (TPSA) is 58.4 Å². The van der Waals surface area contributed by atoms with Crippen molar-refractivity contribution < 1.29 is 4.79 Å². The highest BCUT2D eigenvalue weighted by Crippen LogP contribution is 2.23. The Hall–Kier alpha value is -0.610. The van der Waals surface area contributed by atoms with Gasteiger partial charge >= 0.3 is 0 Å². The maximum atomic E-state index is 12.2. The minimum absolute atomic E-state index is 0.156. The van der Waals surface area contributed by atoms with Crippen molar-refractivity contribution in [1.29, 1.82) is 0 Å². The maximum absolute atomic E-state index is 12.2. The quantitative estimate of drug-likeness (QED) is 0.825. The Morgan fingerprint density at radius 2 is 2.10 bits per heavy atom. The summed E-state index contributed by atoms with van der Waals surface area (Å²) in [5.41, 5.74) is 5.97. The van der Waals surface area contributed by atoms with E-state index in [0.29, 0.717) is 12.0 Å². The largest absolute Gasteiger partial charge is 0.356 e. The predicted octanol–water partition coefficient (Wildman–Crippen LogP) is 1.74. The third kappa shape index (κ3) is 4.45. The second-order valence-corrected chi connectivity index (χ2v) is 6.97. The van der Waals surface area contributed by atoms with Gasteiger partial charge in [-0.2, -0.15) is 0 Å². The summed E-state index contributed by atoms with van der Waals surface area (Å²) in [7, 11) is 0. The summed E-state index contributed by atoms with van der Waals surface area (Å²) >= 11 is 0. The molecular formula is C16H31N3O. The second-order valence-electron chi connectivity index (χ2n) is 6.97. The molecule has 0 bridgehead atoms. The molecule has 1 saturated heterocycles. The van der Waals surface area contributed by atoms with Crippen molar-refractivity contribution in [3.63, 3.8) is 0 Å². The second kappa shape index (κ2) is 7.41. The summed E-state index contributed by atoms with van der Waals surface area (Å²) in [6.45, 7) is 7.68. The summed E-state index contributed by atoms with van der Waals surface area (Å²) in [6.07, 6.45) is 6.57. The minimum Gasteiger partial charge on any atom is -0.356 e. The first kappa shape index (κ1) is 15.8. The van der Waals surface area contributed by atoms with E-state index < -0.39 is 0 Å². The zero-order chi connectivity index (χ0) is 14.5. The van der Waals surface area contributed by atoms with Crippen molar-refractivity contribution in [2.75, 3.05) is 19.6 Å². The smallest absolute Gasteiger partial charge is 0.223 e. The molecule has 0 aromatic rings. The normalized spacial score (nSPS) is 32.3. The first-order valence-corrected chi connectivity index (χ1v) is 8.33. The van der Waals surface area contributed by atoms with Gasteiger partial charge in [-0.25, -0.2) is 0 Å². The van der Waals surface area contributed by atoms with Gasteiger partial charge in [-0.1, -0.05) is 6.42 Å². The van der Waals surface area contributed by atoms with Crippen LogP contribution >= 0.6 is 0 Å². The first-order valence-electron chi connectivity index (χ1n) is 8.33. The maximum Gasteiger partial charge on any atom is 0.223 e. The first-order chi connectivity index (χ1) is 9.56. The molecule has 20 heavy (non-hydrogen) atoms. The number of hydrogen-bond donors (Lipinski definition) is 2. The van der Waals surface area contributed by atoms with Crippen LogP contribution < -0.4 is 11.1 Å². The minimum atomic E-state index is 0.156. The highest BCUT2D eigenvalue weighted by molar-refractivity contribution is 5.78. The van der Waals surface area contributed by atoms with E-state index >= 15 is 0 Å². The molecule has 2 rings (SSSR count). The van der Waals surface area contributed by atoms with E-state index in [-0.39, 0.29) is 17.9 Å². The van der Waals surface area contributed by atoms with Crippen LogP contribution in [0, 0.1) is 11.8 Å². The molecule has 1 saturated carbocycles. The standard InChI is InChI=1S/C16H31N3O/c1-12(2)19-8-4-5-13(11-19)10-18-16(20)14-6-3-7-15(17)9-14/h12-15H,3-11,17H2,1-2H3,(H,18,20). The van der Waals surface area contributed by atoms with Gasteiger partial charge in [-0.05, 0) is 58.4 Å². The molecule has 3 N–H and O–H groups in total. The van der Waals surface area contributed by atoms with Crippen LogP contribution in [0.25, 0.3) is 0 Å². The fourth-order valence-electron chi connectivity index (χ4n) is 3.59. The molecule has 3 unspecified atom stereocenters. The SMILES string of the molecule is CC(C)N1CCCC(CNC(=O)C2CCCC(N)C2)C1. The summed E-state index contributed by atoms with van der Waals surface area (Å²) in [5, 5.41) is 3.18. The number of amides is 1. The van der Waals surface area contributed by atoms with Gasteiger partial charge in [0.25, 0.3) is 0 Å². The summed E-state index contributed by atoms with van der Waals surface area (Å²) in [5.74, 6) is 1.01. The molecule has 0 radical (unpaired) electrons. The van der Waals surface area contributed by atoms with E-state index in [9.17, 15) is 4.79 Å². The van der Waals surface area contributed by atoms with Crippen LogP contribution in [0.2, 0.25) is 0 Å². The molecule has 116 valence electrons. The molecule has 2 aliphatic rings. The number of carbonyl (C=O) groups is 1. The number of rotatable bonds is 4. The number of nitrogens with one attached hydrogen (secondary N) is 1. The molecule has 1 aliphatic heterocycles. The van der Waals surface area contributed by atoms with Crippen LogP contribution in [0.4, 0.5) is 0 Å². The molecule has 4 heteroatoms. The van der Waals surface area contributed by atoms with Gasteiger partial charge in [0.15, 0.2) is 0 Å². The molecule has 0 spiro atoms. The summed E-state index contributed by atoms with van der Waals surface area (Å²) in [6, 6.07) is 0.843. The number of likely N-dealkylation sites (tertiary alicyclic amines) is 1. The Morgan fingerprint density at radius 1 is 1.30 bits per heavy atom. The molecule has 0 aromatic heterocycles. The Bertz CT molecular complexity index is 319. The lowest BCUT2D eigenvalue weighted by Crippen LogP contribution is -2.45. The van der Waals surface area contributed by atoms with Crippen LogP contribution in [-0.4, -0.2) is 42.5 Å². The molecule has 1 amide bonds. The zero-order valence-electron chi connectivity index (χ0n) is 13.1. The van der Waals surface area contributed by atoms with Crippen LogP contribution in [-0.2, 0) is 4.79 Å². The van der Waals surface area contributed by atoms with Gasteiger partial charge < -0.3 is 16.0 Å². The summed E-state index contributed by atoms with van der Waals surface area (Å²) < 4.78 is 0. The zero-order valence-corrected chi connectivity index (χ0v) is 13.1. The fraction of sp³-hybridized carbons (Fsp3) is 0.938. The van der Waals surface area contributed by atoms with Gasteiger partial charge in [0.2, 0.25) is 5.91 Å². The molecule has 1 aliphatic carbocycles. The third-order valence-corrected chi connectivity index (χ3v) is 4.93. The van der Waals surface area contributed by atoms with Gasteiger partial charge in [-0.15, -0.1) is 0 Å². The van der Waals surface area contributed by atoms with Crippen molar-refractivity contribution in [3.8, 4) is 0 Å². The highest BCUT2D eigenvalue weighted by Gasteiger charge is 2.27.